The van der Waals surface area contributed by atoms with Crippen molar-refractivity contribution >= 4 is 11.8 Å². The molecule has 4 heteroatoms. The highest BCUT2D eigenvalue weighted by Crippen LogP contribution is 2.21. The molecule has 0 aliphatic carbocycles. The van der Waals surface area contributed by atoms with E-state index in [2.05, 4.69) is 19.2 Å². The minimum Gasteiger partial charge on any atom is -0.343 e. The fourth-order valence-electron chi connectivity index (χ4n) is 2.56. The van der Waals surface area contributed by atoms with E-state index >= 15 is 0 Å². The Morgan fingerprint density at radius 3 is 2.41 bits per heavy atom. The van der Waals surface area contributed by atoms with Crippen molar-refractivity contribution in [2.24, 2.45) is 0 Å². The Kier molecular flexibility index (Phi) is 4.97. The average Bonchev–Trinajstić information content (AvgIpc) is 2.31. The van der Waals surface area contributed by atoms with Crippen molar-refractivity contribution in [3.63, 3.8) is 0 Å². The number of rotatable bonds is 5. The van der Waals surface area contributed by atoms with Crippen LogP contribution in [0.5, 0.6) is 0 Å². The Morgan fingerprint density at radius 1 is 1.29 bits per heavy atom. The highest BCUT2D eigenvalue weighted by Gasteiger charge is 2.40. The molecule has 1 heterocycles. The first-order chi connectivity index (χ1) is 8.06. The third-order valence-corrected chi connectivity index (χ3v) is 3.50. The summed E-state index contributed by atoms with van der Waals surface area (Å²) in [4.78, 5) is 26.0. The van der Waals surface area contributed by atoms with E-state index in [1.165, 1.54) is 0 Å². The summed E-state index contributed by atoms with van der Waals surface area (Å²) < 4.78 is 0. The van der Waals surface area contributed by atoms with Crippen LogP contribution in [-0.2, 0) is 9.59 Å². The van der Waals surface area contributed by atoms with Gasteiger partial charge in [0.1, 0.15) is 12.1 Å². The highest BCUT2D eigenvalue weighted by molar-refractivity contribution is 5.96. The van der Waals surface area contributed by atoms with Crippen molar-refractivity contribution < 1.29 is 9.59 Å². The number of amides is 2. The van der Waals surface area contributed by atoms with Crippen LogP contribution in [0.15, 0.2) is 0 Å². The smallest absolute Gasteiger partial charge is 0.245 e. The Balaban J connectivity index is 2.95. The van der Waals surface area contributed by atoms with Gasteiger partial charge >= 0.3 is 0 Å². The monoisotopic (exact) mass is 240 g/mol. The fourth-order valence-corrected chi connectivity index (χ4v) is 2.56. The molecule has 0 aromatic carbocycles. The first kappa shape index (κ1) is 14.0. The summed E-state index contributed by atoms with van der Waals surface area (Å²) in [5, 5.41) is 2.75. The second kappa shape index (κ2) is 6.03. The SMILES string of the molecule is CCCC(CC)N1C(=O)C(C)NC(=O)C1CC. The van der Waals surface area contributed by atoms with Gasteiger partial charge in [-0.05, 0) is 26.2 Å². The molecule has 0 radical (unpaired) electrons. The lowest BCUT2D eigenvalue weighted by Gasteiger charge is -2.42. The van der Waals surface area contributed by atoms with E-state index in [1.54, 1.807) is 6.92 Å². The number of hydrogen-bond acceptors (Lipinski definition) is 2. The van der Waals surface area contributed by atoms with Crippen molar-refractivity contribution in [2.45, 2.75) is 71.5 Å². The second-order valence-electron chi connectivity index (χ2n) is 4.75. The molecular weight excluding hydrogens is 216 g/mol. The molecule has 1 rings (SSSR count). The summed E-state index contributed by atoms with van der Waals surface area (Å²) in [5.74, 6) is 0.0610. The Bertz CT molecular complexity index is 291. The van der Waals surface area contributed by atoms with Gasteiger partial charge in [-0.2, -0.15) is 0 Å². The molecular formula is C13H24N2O2. The van der Waals surface area contributed by atoms with E-state index in [0.717, 1.165) is 19.3 Å². The van der Waals surface area contributed by atoms with Crippen LogP contribution in [0.4, 0.5) is 0 Å². The quantitative estimate of drug-likeness (QED) is 0.795. The summed E-state index contributed by atoms with van der Waals surface area (Å²) in [5.41, 5.74) is 0. The van der Waals surface area contributed by atoms with Crippen LogP contribution in [0.25, 0.3) is 0 Å². The first-order valence-electron chi connectivity index (χ1n) is 6.69. The number of nitrogens with zero attached hydrogens (tertiary/aromatic N) is 1. The molecule has 1 aliphatic rings. The zero-order chi connectivity index (χ0) is 13.0. The van der Waals surface area contributed by atoms with Gasteiger partial charge in [-0.1, -0.05) is 27.2 Å². The standard InChI is InChI=1S/C13H24N2O2/c1-5-8-10(6-2)15-11(7-3)12(16)14-9(4)13(15)17/h9-11H,5-8H2,1-4H3,(H,14,16). The van der Waals surface area contributed by atoms with Gasteiger partial charge in [0.15, 0.2) is 0 Å². The van der Waals surface area contributed by atoms with E-state index in [0.29, 0.717) is 6.42 Å². The maximum Gasteiger partial charge on any atom is 0.245 e. The molecule has 3 unspecified atom stereocenters. The summed E-state index contributed by atoms with van der Waals surface area (Å²) >= 11 is 0. The minimum atomic E-state index is -0.379. The first-order valence-corrected chi connectivity index (χ1v) is 6.69. The molecule has 0 saturated carbocycles. The van der Waals surface area contributed by atoms with Crippen LogP contribution in [0.1, 0.15) is 53.4 Å². The normalized spacial score (nSPS) is 26.9. The van der Waals surface area contributed by atoms with Crippen LogP contribution >= 0.6 is 0 Å². The molecule has 0 spiro atoms. The van der Waals surface area contributed by atoms with Crippen molar-refractivity contribution in [3.8, 4) is 0 Å². The molecule has 2 amide bonds. The van der Waals surface area contributed by atoms with Crippen LogP contribution < -0.4 is 5.32 Å². The molecule has 17 heavy (non-hydrogen) atoms. The molecule has 0 aromatic rings. The zero-order valence-corrected chi connectivity index (χ0v) is 11.3. The molecule has 4 nitrogen and oxygen atoms in total. The fraction of sp³-hybridized carbons (Fsp3) is 0.846. The molecule has 0 aromatic heterocycles. The molecule has 1 N–H and O–H groups in total. The van der Waals surface area contributed by atoms with Crippen molar-refractivity contribution in [2.75, 3.05) is 0 Å². The highest BCUT2D eigenvalue weighted by atomic mass is 16.2. The minimum absolute atomic E-state index is 0.00541. The Labute approximate surface area is 104 Å². The van der Waals surface area contributed by atoms with E-state index < -0.39 is 0 Å². The number of hydrogen-bond donors (Lipinski definition) is 1. The van der Waals surface area contributed by atoms with Crippen molar-refractivity contribution in [1.29, 1.82) is 0 Å². The van der Waals surface area contributed by atoms with E-state index in [-0.39, 0.29) is 29.9 Å². The molecule has 1 saturated heterocycles. The summed E-state index contributed by atoms with van der Waals surface area (Å²) in [6, 6.07) is -0.461. The van der Waals surface area contributed by atoms with Gasteiger partial charge in [-0.25, -0.2) is 0 Å². The Hall–Kier alpha value is -1.06. The summed E-state index contributed by atoms with van der Waals surface area (Å²) in [6.07, 6.45) is 3.61. The van der Waals surface area contributed by atoms with E-state index in [4.69, 9.17) is 0 Å². The third kappa shape index (κ3) is 2.79. The van der Waals surface area contributed by atoms with Crippen LogP contribution in [0.3, 0.4) is 0 Å². The van der Waals surface area contributed by atoms with Gasteiger partial charge in [-0.3, -0.25) is 9.59 Å². The van der Waals surface area contributed by atoms with Gasteiger partial charge < -0.3 is 10.2 Å². The van der Waals surface area contributed by atoms with Gasteiger partial charge in [0.2, 0.25) is 11.8 Å². The van der Waals surface area contributed by atoms with Crippen molar-refractivity contribution in [1.82, 2.24) is 10.2 Å². The Morgan fingerprint density at radius 2 is 1.94 bits per heavy atom. The second-order valence-corrected chi connectivity index (χ2v) is 4.75. The van der Waals surface area contributed by atoms with E-state index in [1.807, 2.05) is 11.8 Å². The molecule has 98 valence electrons. The lowest BCUT2D eigenvalue weighted by molar-refractivity contribution is -0.152. The van der Waals surface area contributed by atoms with Gasteiger partial charge in [0.25, 0.3) is 0 Å². The largest absolute Gasteiger partial charge is 0.343 e. The molecule has 3 atom stereocenters. The van der Waals surface area contributed by atoms with Gasteiger partial charge in [0.05, 0.1) is 0 Å². The number of nitrogens with one attached hydrogen (secondary N) is 1. The summed E-state index contributed by atoms with van der Waals surface area (Å²) in [7, 11) is 0. The maximum atomic E-state index is 12.2. The third-order valence-electron chi connectivity index (χ3n) is 3.50. The summed E-state index contributed by atoms with van der Waals surface area (Å²) in [6.45, 7) is 7.91. The molecule has 1 fully saturated rings. The van der Waals surface area contributed by atoms with Crippen LogP contribution in [0.2, 0.25) is 0 Å². The number of carbonyl (C=O) groups is 2. The predicted molar refractivity (Wildman–Crippen MR) is 67.5 cm³/mol. The van der Waals surface area contributed by atoms with Gasteiger partial charge in [0, 0.05) is 6.04 Å². The van der Waals surface area contributed by atoms with Gasteiger partial charge in [-0.15, -0.1) is 0 Å². The van der Waals surface area contributed by atoms with Crippen LogP contribution in [-0.4, -0.2) is 34.8 Å². The average molecular weight is 240 g/mol. The lowest BCUT2D eigenvalue weighted by Crippen LogP contribution is -2.64. The van der Waals surface area contributed by atoms with Crippen molar-refractivity contribution in [3.05, 3.63) is 0 Å². The number of carbonyl (C=O) groups excluding carboxylic acids is 2. The predicted octanol–water partition coefficient (Wildman–Crippen LogP) is 1.69. The zero-order valence-electron chi connectivity index (χ0n) is 11.3. The topological polar surface area (TPSA) is 49.4 Å². The van der Waals surface area contributed by atoms with E-state index in [9.17, 15) is 9.59 Å². The van der Waals surface area contributed by atoms with Crippen LogP contribution in [0, 0.1) is 0 Å². The molecule has 0 bridgehead atoms. The number of piperazine rings is 1. The molecule has 1 aliphatic heterocycles. The lowest BCUT2D eigenvalue weighted by atomic mass is 9.98. The maximum absolute atomic E-state index is 12.2.